The van der Waals surface area contributed by atoms with E-state index in [1.54, 1.807) is 6.92 Å². The van der Waals surface area contributed by atoms with Gasteiger partial charge in [-0.3, -0.25) is 0 Å². The SMILES string of the molecule is CCC1CCCCC1(O)c1ccc(C(F)(F)F)cc1C. The monoisotopic (exact) mass is 286 g/mol. The molecule has 0 aliphatic heterocycles. The number of rotatable bonds is 2. The van der Waals surface area contributed by atoms with Gasteiger partial charge in [0.25, 0.3) is 0 Å². The highest BCUT2D eigenvalue weighted by Crippen LogP contribution is 2.45. The lowest BCUT2D eigenvalue weighted by atomic mass is 9.69. The molecule has 0 radical (unpaired) electrons. The summed E-state index contributed by atoms with van der Waals surface area (Å²) in [6.45, 7) is 3.68. The van der Waals surface area contributed by atoms with Gasteiger partial charge in [0.05, 0.1) is 11.2 Å². The molecule has 2 rings (SSSR count). The van der Waals surface area contributed by atoms with Crippen LogP contribution in [0.3, 0.4) is 0 Å². The molecule has 0 amide bonds. The van der Waals surface area contributed by atoms with Crippen molar-refractivity contribution in [2.75, 3.05) is 0 Å². The van der Waals surface area contributed by atoms with Gasteiger partial charge < -0.3 is 5.11 Å². The number of hydrogen-bond donors (Lipinski definition) is 1. The number of aryl methyl sites for hydroxylation is 1. The van der Waals surface area contributed by atoms with E-state index in [-0.39, 0.29) is 5.92 Å². The van der Waals surface area contributed by atoms with Crippen molar-refractivity contribution in [3.8, 4) is 0 Å². The van der Waals surface area contributed by atoms with Gasteiger partial charge in [-0.05, 0) is 48.9 Å². The van der Waals surface area contributed by atoms with Gasteiger partial charge in [0.15, 0.2) is 0 Å². The first kappa shape index (κ1) is 15.4. The van der Waals surface area contributed by atoms with Gasteiger partial charge >= 0.3 is 6.18 Å². The summed E-state index contributed by atoms with van der Waals surface area (Å²) in [7, 11) is 0. The van der Waals surface area contributed by atoms with Crippen LogP contribution < -0.4 is 0 Å². The van der Waals surface area contributed by atoms with Crippen LogP contribution in [-0.2, 0) is 11.8 Å². The lowest BCUT2D eigenvalue weighted by Crippen LogP contribution is -2.38. The minimum absolute atomic E-state index is 0.131. The van der Waals surface area contributed by atoms with E-state index in [0.717, 1.165) is 37.8 Å². The van der Waals surface area contributed by atoms with Crippen molar-refractivity contribution in [1.82, 2.24) is 0 Å². The van der Waals surface area contributed by atoms with Crippen molar-refractivity contribution in [1.29, 1.82) is 0 Å². The standard InChI is InChI=1S/C16H21F3O/c1-3-12-6-4-5-9-15(12,20)14-8-7-13(10-11(14)2)16(17,18)19/h7-8,10,12,20H,3-6,9H2,1-2H3. The summed E-state index contributed by atoms with van der Waals surface area (Å²) in [6, 6.07) is 3.70. The van der Waals surface area contributed by atoms with Gasteiger partial charge in [0.1, 0.15) is 0 Å². The van der Waals surface area contributed by atoms with E-state index in [4.69, 9.17) is 0 Å². The molecule has 1 aliphatic carbocycles. The zero-order valence-corrected chi connectivity index (χ0v) is 11.9. The third-order valence-electron chi connectivity index (χ3n) is 4.55. The molecule has 0 bridgehead atoms. The van der Waals surface area contributed by atoms with Gasteiger partial charge in [-0.2, -0.15) is 13.2 Å². The lowest BCUT2D eigenvalue weighted by Gasteiger charge is -2.41. The first-order chi connectivity index (χ1) is 9.29. The molecule has 0 heterocycles. The molecule has 1 aromatic carbocycles. The maximum absolute atomic E-state index is 12.7. The fourth-order valence-corrected chi connectivity index (χ4v) is 3.45. The topological polar surface area (TPSA) is 20.2 Å². The summed E-state index contributed by atoms with van der Waals surface area (Å²) in [6.07, 6.45) is 0.0960. The molecule has 2 unspecified atom stereocenters. The van der Waals surface area contributed by atoms with E-state index < -0.39 is 17.3 Å². The summed E-state index contributed by atoms with van der Waals surface area (Å²) in [5.74, 6) is 0.131. The summed E-state index contributed by atoms with van der Waals surface area (Å²) in [5.41, 5.74) is -0.424. The molecular formula is C16H21F3O. The minimum atomic E-state index is -4.33. The van der Waals surface area contributed by atoms with E-state index in [0.29, 0.717) is 17.5 Å². The van der Waals surface area contributed by atoms with Gasteiger partial charge in [-0.15, -0.1) is 0 Å². The first-order valence-corrected chi connectivity index (χ1v) is 7.19. The number of halogens is 3. The summed E-state index contributed by atoms with van der Waals surface area (Å²) >= 11 is 0. The largest absolute Gasteiger partial charge is 0.416 e. The van der Waals surface area contributed by atoms with E-state index in [2.05, 4.69) is 0 Å². The van der Waals surface area contributed by atoms with Gasteiger partial charge in [-0.1, -0.05) is 32.3 Å². The van der Waals surface area contributed by atoms with Crippen molar-refractivity contribution in [3.05, 3.63) is 34.9 Å². The Morgan fingerprint density at radius 3 is 2.55 bits per heavy atom. The Labute approximate surface area is 117 Å². The summed E-state index contributed by atoms with van der Waals surface area (Å²) in [5, 5.41) is 11.0. The quantitative estimate of drug-likeness (QED) is 0.827. The Kier molecular flexibility index (Phi) is 4.14. The molecule has 2 atom stereocenters. The van der Waals surface area contributed by atoms with Crippen molar-refractivity contribution in [2.24, 2.45) is 5.92 Å². The molecule has 112 valence electrons. The van der Waals surface area contributed by atoms with E-state index in [1.807, 2.05) is 6.92 Å². The van der Waals surface area contributed by atoms with Crippen molar-refractivity contribution in [3.63, 3.8) is 0 Å². The molecular weight excluding hydrogens is 265 g/mol. The second kappa shape index (κ2) is 5.40. The molecule has 1 N–H and O–H groups in total. The lowest BCUT2D eigenvalue weighted by molar-refractivity contribution is -0.137. The average molecular weight is 286 g/mol. The Hall–Kier alpha value is -1.03. The van der Waals surface area contributed by atoms with Crippen LogP contribution in [0.1, 0.15) is 55.7 Å². The van der Waals surface area contributed by atoms with Crippen LogP contribution in [0.5, 0.6) is 0 Å². The van der Waals surface area contributed by atoms with Crippen LogP contribution in [-0.4, -0.2) is 5.11 Å². The normalized spacial score (nSPS) is 27.6. The van der Waals surface area contributed by atoms with Crippen LogP contribution in [0, 0.1) is 12.8 Å². The van der Waals surface area contributed by atoms with E-state index in [1.165, 1.54) is 6.07 Å². The number of hydrogen-bond acceptors (Lipinski definition) is 1. The van der Waals surface area contributed by atoms with Crippen molar-refractivity contribution < 1.29 is 18.3 Å². The van der Waals surface area contributed by atoms with Crippen LogP contribution in [0.25, 0.3) is 0 Å². The molecule has 0 saturated heterocycles. The maximum Gasteiger partial charge on any atom is 0.416 e. The predicted molar refractivity (Wildman–Crippen MR) is 72.3 cm³/mol. The van der Waals surface area contributed by atoms with Crippen molar-refractivity contribution >= 4 is 0 Å². The Morgan fingerprint density at radius 1 is 1.30 bits per heavy atom. The van der Waals surface area contributed by atoms with Crippen LogP contribution in [0.4, 0.5) is 13.2 Å². The first-order valence-electron chi connectivity index (χ1n) is 7.19. The number of benzene rings is 1. The second-order valence-electron chi connectivity index (χ2n) is 5.80. The summed E-state index contributed by atoms with van der Waals surface area (Å²) < 4.78 is 38.2. The maximum atomic E-state index is 12.7. The average Bonchev–Trinajstić information content (AvgIpc) is 2.37. The highest BCUT2D eigenvalue weighted by molar-refractivity contribution is 5.37. The third-order valence-corrected chi connectivity index (χ3v) is 4.55. The zero-order chi connectivity index (χ0) is 15.0. The molecule has 4 heteroatoms. The fraction of sp³-hybridized carbons (Fsp3) is 0.625. The van der Waals surface area contributed by atoms with E-state index >= 15 is 0 Å². The van der Waals surface area contributed by atoms with Gasteiger partial charge in [-0.25, -0.2) is 0 Å². The van der Waals surface area contributed by atoms with Crippen LogP contribution >= 0.6 is 0 Å². The van der Waals surface area contributed by atoms with Crippen LogP contribution in [0.15, 0.2) is 18.2 Å². The van der Waals surface area contributed by atoms with Crippen LogP contribution in [0.2, 0.25) is 0 Å². The smallest absolute Gasteiger partial charge is 0.385 e. The molecule has 1 aliphatic rings. The highest BCUT2D eigenvalue weighted by Gasteiger charge is 2.41. The molecule has 20 heavy (non-hydrogen) atoms. The van der Waals surface area contributed by atoms with E-state index in [9.17, 15) is 18.3 Å². The molecule has 1 nitrogen and oxygen atoms in total. The molecule has 0 aromatic heterocycles. The minimum Gasteiger partial charge on any atom is -0.385 e. The third kappa shape index (κ3) is 2.71. The predicted octanol–water partition coefficient (Wildman–Crippen LogP) is 4.80. The Balaban J connectivity index is 2.41. The second-order valence-corrected chi connectivity index (χ2v) is 5.80. The Morgan fingerprint density at radius 2 is 2.00 bits per heavy atom. The molecule has 0 spiro atoms. The molecule has 1 aromatic rings. The number of alkyl halides is 3. The summed E-state index contributed by atoms with van der Waals surface area (Å²) in [4.78, 5) is 0. The number of aliphatic hydroxyl groups is 1. The van der Waals surface area contributed by atoms with Crippen molar-refractivity contribution in [2.45, 2.75) is 57.7 Å². The fourth-order valence-electron chi connectivity index (χ4n) is 3.45. The molecule has 1 fully saturated rings. The zero-order valence-electron chi connectivity index (χ0n) is 11.9. The van der Waals surface area contributed by atoms with Gasteiger partial charge in [0, 0.05) is 0 Å². The Bertz CT molecular complexity index is 481. The highest BCUT2D eigenvalue weighted by atomic mass is 19.4. The van der Waals surface area contributed by atoms with Gasteiger partial charge in [0.2, 0.25) is 0 Å². The molecule has 1 saturated carbocycles.